The standard InChI is InChI=1S/C12H14O3/c1-12(7-11(13)14-2)8-15-10-6-4-3-5-9(10)12/h3-6H,7-8H2,1-2H3/t12-/m0/s1. The van der Waals surface area contributed by atoms with Crippen molar-refractivity contribution in [2.24, 2.45) is 0 Å². The third-order valence-electron chi connectivity index (χ3n) is 2.85. The molecule has 0 saturated carbocycles. The summed E-state index contributed by atoms with van der Waals surface area (Å²) in [5.41, 5.74) is 0.847. The lowest BCUT2D eigenvalue weighted by Crippen LogP contribution is -2.27. The second kappa shape index (κ2) is 3.57. The second-order valence-electron chi connectivity index (χ2n) is 4.10. The maximum Gasteiger partial charge on any atom is 0.306 e. The minimum absolute atomic E-state index is 0.196. The fourth-order valence-electron chi connectivity index (χ4n) is 1.94. The minimum Gasteiger partial charge on any atom is -0.492 e. The van der Waals surface area contributed by atoms with E-state index in [1.54, 1.807) is 0 Å². The van der Waals surface area contributed by atoms with Crippen LogP contribution < -0.4 is 4.74 Å². The van der Waals surface area contributed by atoms with Gasteiger partial charge in [0.25, 0.3) is 0 Å². The highest BCUT2D eigenvalue weighted by Crippen LogP contribution is 2.40. The van der Waals surface area contributed by atoms with Crippen LogP contribution in [-0.4, -0.2) is 19.7 Å². The van der Waals surface area contributed by atoms with Gasteiger partial charge in [-0.25, -0.2) is 0 Å². The Bertz CT molecular complexity index is 386. The Hall–Kier alpha value is -1.51. The van der Waals surface area contributed by atoms with Gasteiger partial charge in [-0.15, -0.1) is 0 Å². The van der Waals surface area contributed by atoms with E-state index in [4.69, 9.17) is 9.47 Å². The summed E-state index contributed by atoms with van der Waals surface area (Å²) in [6, 6.07) is 7.83. The van der Waals surface area contributed by atoms with Gasteiger partial charge in [-0.05, 0) is 6.07 Å². The minimum atomic E-state index is -0.246. The molecule has 0 spiro atoms. The van der Waals surface area contributed by atoms with E-state index in [-0.39, 0.29) is 11.4 Å². The molecule has 1 aliphatic heterocycles. The fraction of sp³-hybridized carbons (Fsp3) is 0.417. The summed E-state index contributed by atoms with van der Waals surface area (Å²) < 4.78 is 10.2. The molecule has 0 saturated heterocycles. The summed E-state index contributed by atoms with van der Waals surface area (Å²) in [7, 11) is 1.41. The van der Waals surface area contributed by atoms with Crippen LogP contribution in [0.5, 0.6) is 5.75 Å². The second-order valence-corrected chi connectivity index (χ2v) is 4.10. The molecule has 0 aromatic heterocycles. The summed E-state index contributed by atoms with van der Waals surface area (Å²) in [5, 5.41) is 0. The highest BCUT2D eigenvalue weighted by atomic mass is 16.5. The van der Waals surface area contributed by atoms with Gasteiger partial charge in [-0.1, -0.05) is 25.1 Å². The predicted molar refractivity (Wildman–Crippen MR) is 55.9 cm³/mol. The molecule has 80 valence electrons. The van der Waals surface area contributed by atoms with Gasteiger partial charge < -0.3 is 9.47 Å². The van der Waals surface area contributed by atoms with Gasteiger partial charge in [0, 0.05) is 11.0 Å². The van der Waals surface area contributed by atoms with E-state index in [0.717, 1.165) is 11.3 Å². The molecule has 0 unspecified atom stereocenters. The van der Waals surface area contributed by atoms with E-state index in [1.165, 1.54) is 7.11 Å². The summed E-state index contributed by atoms with van der Waals surface area (Å²) in [6.45, 7) is 2.57. The van der Waals surface area contributed by atoms with Crippen molar-refractivity contribution in [3.63, 3.8) is 0 Å². The highest BCUT2D eigenvalue weighted by molar-refractivity contribution is 5.72. The number of para-hydroxylation sites is 1. The summed E-state index contributed by atoms with van der Waals surface area (Å²) in [4.78, 5) is 11.3. The van der Waals surface area contributed by atoms with Crippen molar-refractivity contribution in [2.45, 2.75) is 18.8 Å². The third kappa shape index (κ3) is 1.69. The normalized spacial score (nSPS) is 23.1. The number of benzene rings is 1. The van der Waals surface area contributed by atoms with Crippen LogP contribution in [-0.2, 0) is 14.9 Å². The average molecular weight is 206 g/mol. The highest BCUT2D eigenvalue weighted by Gasteiger charge is 2.38. The number of rotatable bonds is 2. The zero-order valence-electron chi connectivity index (χ0n) is 8.95. The Labute approximate surface area is 89.0 Å². The van der Waals surface area contributed by atoms with Crippen molar-refractivity contribution < 1.29 is 14.3 Å². The fourth-order valence-corrected chi connectivity index (χ4v) is 1.94. The quantitative estimate of drug-likeness (QED) is 0.693. The number of esters is 1. The molecule has 15 heavy (non-hydrogen) atoms. The molecule has 1 aliphatic rings. The van der Waals surface area contributed by atoms with Crippen molar-refractivity contribution >= 4 is 5.97 Å². The lowest BCUT2D eigenvalue weighted by Gasteiger charge is -2.20. The number of hydrogen-bond donors (Lipinski definition) is 0. The molecule has 3 nitrogen and oxygen atoms in total. The van der Waals surface area contributed by atoms with Gasteiger partial charge in [-0.2, -0.15) is 0 Å². The van der Waals surface area contributed by atoms with Crippen molar-refractivity contribution in [1.29, 1.82) is 0 Å². The van der Waals surface area contributed by atoms with E-state index < -0.39 is 0 Å². The average Bonchev–Trinajstić information content (AvgIpc) is 2.57. The van der Waals surface area contributed by atoms with E-state index >= 15 is 0 Å². The van der Waals surface area contributed by atoms with Gasteiger partial charge in [-0.3, -0.25) is 4.79 Å². The van der Waals surface area contributed by atoms with E-state index in [9.17, 15) is 4.79 Å². The number of carbonyl (C=O) groups excluding carboxylic acids is 1. The van der Waals surface area contributed by atoms with E-state index in [0.29, 0.717) is 13.0 Å². The van der Waals surface area contributed by atoms with Crippen molar-refractivity contribution in [3.05, 3.63) is 29.8 Å². The van der Waals surface area contributed by atoms with Crippen molar-refractivity contribution in [2.75, 3.05) is 13.7 Å². The Morgan fingerprint density at radius 3 is 3.00 bits per heavy atom. The van der Waals surface area contributed by atoms with Gasteiger partial charge in [0.2, 0.25) is 0 Å². The maximum atomic E-state index is 11.3. The first kappa shape index (κ1) is 10.0. The van der Waals surface area contributed by atoms with Crippen LogP contribution in [0.3, 0.4) is 0 Å². The lowest BCUT2D eigenvalue weighted by atomic mass is 9.81. The first-order valence-electron chi connectivity index (χ1n) is 4.95. The summed E-state index contributed by atoms with van der Waals surface area (Å²) in [6.07, 6.45) is 0.362. The van der Waals surface area contributed by atoms with Crippen molar-refractivity contribution in [3.8, 4) is 5.75 Å². The predicted octanol–water partition coefficient (Wildman–Crippen LogP) is 1.90. The molecule has 0 bridgehead atoms. The maximum absolute atomic E-state index is 11.3. The Morgan fingerprint density at radius 2 is 2.27 bits per heavy atom. The first-order chi connectivity index (χ1) is 7.15. The lowest BCUT2D eigenvalue weighted by molar-refractivity contribution is -0.142. The molecule has 1 atom stereocenters. The third-order valence-corrected chi connectivity index (χ3v) is 2.85. The van der Waals surface area contributed by atoms with Crippen LogP contribution in [0.25, 0.3) is 0 Å². The van der Waals surface area contributed by atoms with Gasteiger partial charge in [0.05, 0.1) is 20.1 Å². The molecule has 0 fully saturated rings. The summed E-state index contributed by atoms with van der Waals surface area (Å²) >= 11 is 0. The van der Waals surface area contributed by atoms with Crippen LogP contribution in [0.1, 0.15) is 18.9 Å². The van der Waals surface area contributed by atoms with E-state index in [1.807, 2.05) is 31.2 Å². The topological polar surface area (TPSA) is 35.5 Å². The molecule has 1 aromatic rings. The molecular weight excluding hydrogens is 192 g/mol. The van der Waals surface area contributed by atoms with Crippen LogP contribution in [0.15, 0.2) is 24.3 Å². The SMILES string of the molecule is COC(=O)C[C@@]1(C)COc2ccccc21. The molecule has 0 radical (unpaired) electrons. The van der Waals surface area contributed by atoms with Crippen LogP contribution in [0.4, 0.5) is 0 Å². The number of fused-ring (bicyclic) bond motifs is 1. The van der Waals surface area contributed by atoms with Gasteiger partial charge in [0.15, 0.2) is 0 Å². The van der Waals surface area contributed by atoms with Crippen LogP contribution in [0, 0.1) is 0 Å². The molecule has 0 amide bonds. The molecule has 0 aliphatic carbocycles. The molecular formula is C12H14O3. The smallest absolute Gasteiger partial charge is 0.306 e. The van der Waals surface area contributed by atoms with Crippen LogP contribution in [0.2, 0.25) is 0 Å². The number of carbonyl (C=O) groups is 1. The molecule has 1 aromatic carbocycles. The zero-order chi connectivity index (χ0) is 10.9. The number of hydrogen-bond acceptors (Lipinski definition) is 3. The van der Waals surface area contributed by atoms with Crippen LogP contribution >= 0.6 is 0 Å². The van der Waals surface area contributed by atoms with Crippen molar-refractivity contribution in [1.82, 2.24) is 0 Å². The Morgan fingerprint density at radius 1 is 1.53 bits per heavy atom. The Kier molecular flexibility index (Phi) is 2.39. The number of ether oxygens (including phenoxy) is 2. The molecule has 2 rings (SSSR count). The monoisotopic (exact) mass is 206 g/mol. The summed E-state index contributed by atoms with van der Waals surface area (Å²) in [5.74, 6) is 0.682. The Balaban J connectivity index is 2.28. The number of methoxy groups -OCH3 is 1. The van der Waals surface area contributed by atoms with Gasteiger partial charge in [0.1, 0.15) is 5.75 Å². The van der Waals surface area contributed by atoms with E-state index in [2.05, 4.69) is 0 Å². The first-order valence-corrected chi connectivity index (χ1v) is 4.95. The largest absolute Gasteiger partial charge is 0.492 e. The molecule has 1 heterocycles. The zero-order valence-corrected chi connectivity index (χ0v) is 8.95. The molecule has 3 heteroatoms. The molecule has 0 N–H and O–H groups in total. The van der Waals surface area contributed by atoms with Gasteiger partial charge >= 0.3 is 5.97 Å².